The van der Waals surface area contributed by atoms with Crippen molar-refractivity contribution in [1.29, 1.82) is 0 Å². The van der Waals surface area contributed by atoms with E-state index >= 15 is 0 Å². The van der Waals surface area contributed by atoms with Gasteiger partial charge in [-0.15, -0.1) is 13.2 Å². The highest BCUT2D eigenvalue weighted by Crippen LogP contribution is 2.32. The number of alkyl halides is 3. The third-order valence-electron chi connectivity index (χ3n) is 3.02. The van der Waals surface area contributed by atoms with Gasteiger partial charge < -0.3 is 18.3 Å². The molecule has 0 bridgehead atoms. The number of thiazole rings is 1. The zero-order chi connectivity index (χ0) is 19.1. The minimum Gasteiger partial charge on any atom is -0.406 e. The van der Waals surface area contributed by atoms with Crippen molar-refractivity contribution in [2.75, 3.05) is 11.9 Å². The monoisotopic (exact) mass is 390 g/mol. The van der Waals surface area contributed by atoms with Gasteiger partial charge in [0.25, 0.3) is 0 Å². The summed E-state index contributed by atoms with van der Waals surface area (Å²) in [6, 6.07) is 3.62. The van der Waals surface area contributed by atoms with Crippen LogP contribution in [0.3, 0.4) is 0 Å². The van der Waals surface area contributed by atoms with Crippen LogP contribution < -0.4 is 20.2 Å². The second kappa shape index (κ2) is 6.37. The van der Waals surface area contributed by atoms with Gasteiger partial charge >= 0.3 is 24.2 Å². The Kier molecular flexibility index (Phi) is 4.36. The first-order chi connectivity index (χ1) is 12.1. The van der Waals surface area contributed by atoms with E-state index in [4.69, 9.17) is 4.74 Å². The Morgan fingerprint density at radius 1 is 1.31 bits per heavy atom. The van der Waals surface area contributed by atoms with E-state index in [-0.39, 0.29) is 16.4 Å². The van der Waals surface area contributed by atoms with Gasteiger partial charge in [0, 0.05) is 20.0 Å². The van der Waals surface area contributed by atoms with Gasteiger partial charge in [0.1, 0.15) is 5.75 Å². The average molecular weight is 390 g/mol. The Hall–Kier alpha value is -3.02. The summed E-state index contributed by atoms with van der Waals surface area (Å²) >= 11 is 1.04. The topological polar surface area (TPSA) is 95.0 Å². The molecule has 0 aliphatic heterocycles. The quantitative estimate of drug-likeness (QED) is 0.673. The van der Waals surface area contributed by atoms with Crippen molar-refractivity contribution in [1.82, 2.24) is 4.98 Å². The molecule has 2 aromatic heterocycles. The van der Waals surface area contributed by atoms with Crippen LogP contribution in [-0.2, 0) is 0 Å². The minimum absolute atomic E-state index is 0.0185. The third kappa shape index (κ3) is 3.79. The highest BCUT2D eigenvalue weighted by molar-refractivity contribution is 7.22. The van der Waals surface area contributed by atoms with Crippen LogP contribution in [0.5, 0.6) is 11.7 Å². The maximum atomic E-state index is 12.3. The summed E-state index contributed by atoms with van der Waals surface area (Å²) in [6.45, 7) is 1.37. The van der Waals surface area contributed by atoms with Crippen molar-refractivity contribution in [3.05, 3.63) is 34.6 Å². The summed E-state index contributed by atoms with van der Waals surface area (Å²) in [5, 5.41) is 0.151. The lowest BCUT2D eigenvalue weighted by atomic mass is 10.3. The summed E-state index contributed by atoms with van der Waals surface area (Å²) in [6.07, 6.45) is -5.75. The largest absolute Gasteiger partial charge is 0.573 e. The fourth-order valence-electron chi connectivity index (χ4n) is 1.89. The van der Waals surface area contributed by atoms with Crippen molar-refractivity contribution in [2.45, 2.75) is 13.3 Å². The van der Waals surface area contributed by atoms with E-state index < -0.39 is 30.0 Å². The second-order valence-electron chi connectivity index (χ2n) is 4.90. The molecule has 0 saturated heterocycles. The lowest BCUT2D eigenvalue weighted by Crippen LogP contribution is -2.29. The van der Waals surface area contributed by atoms with Crippen LogP contribution in [0.2, 0.25) is 0 Å². The summed E-state index contributed by atoms with van der Waals surface area (Å²) in [7, 11) is 1.33. The number of carbonyl (C=O) groups excluding carboxylic acids is 1. The number of carbonyl (C=O) groups is 1. The number of hydrogen-bond donors (Lipinski definition) is 0. The highest BCUT2D eigenvalue weighted by Gasteiger charge is 2.31. The fraction of sp³-hybridized carbons (Fsp3) is 0.214. The molecule has 12 heteroatoms. The summed E-state index contributed by atoms with van der Waals surface area (Å²) in [4.78, 5) is 28.1. The molecule has 1 amide bonds. The predicted octanol–water partition coefficient (Wildman–Crippen LogP) is 3.68. The first-order valence-corrected chi connectivity index (χ1v) is 7.66. The number of ether oxygens (including phenoxy) is 2. The highest BCUT2D eigenvalue weighted by atomic mass is 32.1. The molecule has 8 nitrogen and oxygen atoms in total. The summed E-state index contributed by atoms with van der Waals surface area (Å²) < 4.78 is 55.2. The van der Waals surface area contributed by atoms with E-state index in [1.165, 1.54) is 20.0 Å². The van der Waals surface area contributed by atoms with Crippen molar-refractivity contribution in [3.8, 4) is 11.7 Å². The normalized spacial score (nSPS) is 11.6. The standard InChI is InChI=1S/C14H9F3N2O6S/c1-6-10(24-13(21)22-6)23-12(20)19(2)11-18-8-5-7(25-14(15,16)17)3-4-9(8)26-11/h3-5H,1-2H3. The summed E-state index contributed by atoms with van der Waals surface area (Å²) in [5.74, 6) is -1.86. The number of anilines is 1. The van der Waals surface area contributed by atoms with Crippen LogP contribution in [-0.4, -0.2) is 24.5 Å². The zero-order valence-corrected chi connectivity index (χ0v) is 13.9. The van der Waals surface area contributed by atoms with Crippen LogP contribution in [0.4, 0.5) is 23.1 Å². The Labute approximate surface area is 146 Å². The first kappa shape index (κ1) is 17.8. The summed E-state index contributed by atoms with van der Waals surface area (Å²) in [5.41, 5.74) is 0.206. The predicted molar refractivity (Wildman–Crippen MR) is 82.7 cm³/mol. The van der Waals surface area contributed by atoms with Gasteiger partial charge in [0.15, 0.2) is 10.9 Å². The van der Waals surface area contributed by atoms with Gasteiger partial charge in [0.2, 0.25) is 0 Å². The number of aromatic nitrogens is 1. The third-order valence-corrected chi connectivity index (χ3v) is 4.13. The van der Waals surface area contributed by atoms with Gasteiger partial charge in [-0.1, -0.05) is 11.3 Å². The average Bonchev–Trinajstić information content (AvgIpc) is 3.07. The molecular formula is C14H9F3N2O6S. The van der Waals surface area contributed by atoms with Gasteiger partial charge in [-0.05, 0) is 12.1 Å². The molecular weight excluding hydrogens is 381 g/mol. The first-order valence-electron chi connectivity index (χ1n) is 6.85. The molecule has 0 spiro atoms. The number of halogens is 3. The lowest BCUT2D eigenvalue weighted by Gasteiger charge is -2.11. The number of benzene rings is 1. The molecule has 0 saturated carbocycles. The van der Waals surface area contributed by atoms with Crippen LogP contribution in [0.25, 0.3) is 10.2 Å². The smallest absolute Gasteiger partial charge is 0.406 e. The fourth-order valence-corrected chi connectivity index (χ4v) is 2.79. The molecule has 3 rings (SSSR count). The number of amides is 1. The van der Waals surface area contributed by atoms with E-state index in [1.54, 1.807) is 0 Å². The van der Waals surface area contributed by atoms with E-state index in [9.17, 15) is 22.8 Å². The second-order valence-corrected chi connectivity index (χ2v) is 5.91. The van der Waals surface area contributed by atoms with Crippen molar-refractivity contribution in [3.63, 3.8) is 0 Å². The zero-order valence-electron chi connectivity index (χ0n) is 13.1. The van der Waals surface area contributed by atoms with Gasteiger partial charge in [-0.25, -0.2) is 14.6 Å². The van der Waals surface area contributed by atoms with Crippen LogP contribution >= 0.6 is 11.3 Å². The van der Waals surface area contributed by atoms with Crippen LogP contribution in [0.1, 0.15) is 5.76 Å². The SMILES string of the molecule is Cc1oc(=O)oc1OC(=O)N(C)c1nc2cc(OC(F)(F)F)ccc2s1. The molecule has 0 fully saturated rings. The Bertz CT molecular complexity index is 1020. The lowest BCUT2D eigenvalue weighted by molar-refractivity contribution is -0.274. The Morgan fingerprint density at radius 2 is 2.04 bits per heavy atom. The molecule has 0 atom stereocenters. The maximum Gasteiger partial charge on any atom is 0.573 e. The maximum absolute atomic E-state index is 12.3. The number of hydrogen-bond acceptors (Lipinski definition) is 8. The van der Waals surface area contributed by atoms with E-state index in [0.717, 1.165) is 28.4 Å². The number of rotatable bonds is 3. The molecule has 138 valence electrons. The Balaban J connectivity index is 1.81. The molecule has 26 heavy (non-hydrogen) atoms. The van der Waals surface area contributed by atoms with Crippen LogP contribution in [0, 0.1) is 6.92 Å². The van der Waals surface area contributed by atoms with Gasteiger partial charge in [0.05, 0.1) is 10.2 Å². The van der Waals surface area contributed by atoms with Gasteiger partial charge in [-0.2, -0.15) is 0 Å². The molecule has 3 aromatic rings. The van der Waals surface area contributed by atoms with Gasteiger partial charge in [-0.3, -0.25) is 4.90 Å². The number of nitrogens with zero attached hydrogens (tertiary/aromatic N) is 2. The molecule has 0 aliphatic carbocycles. The minimum atomic E-state index is -4.82. The number of aryl methyl sites for hydroxylation is 1. The molecule has 0 radical (unpaired) electrons. The van der Waals surface area contributed by atoms with E-state index in [2.05, 4.69) is 18.6 Å². The molecule has 0 N–H and O–H groups in total. The van der Waals surface area contributed by atoms with E-state index in [1.807, 2.05) is 0 Å². The molecule has 2 heterocycles. The van der Waals surface area contributed by atoms with Crippen molar-refractivity contribution >= 4 is 32.8 Å². The number of fused-ring (bicyclic) bond motifs is 1. The van der Waals surface area contributed by atoms with Crippen LogP contribution in [0.15, 0.2) is 31.8 Å². The molecule has 0 aliphatic rings. The van der Waals surface area contributed by atoms with E-state index in [0.29, 0.717) is 4.70 Å². The van der Waals surface area contributed by atoms with Crippen molar-refractivity contribution < 1.29 is 36.3 Å². The molecule has 0 unspecified atom stereocenters. The van der Waals surface area contributed by atoms with Crippen molar-refractivity contribution in [2.24, 2.45) is 0 Å². The molecule has 1 aromatic carbocycles. The Morgan fingerprint density at radius 3 is 2.65 bits per heavy atom.